The number of hydrogen-bond donors (Lipinski definition) is 1. The van der Waals surface area contributed by atoms with E-state index in [1.165, 1.54) is 47.3 Å². The molecule has 1 aliphatic carbocycles. The normalized spacial score (nSPS) is 14.9. The number of ketones is 1. The maximum absolute atomic E-state index is 12.6. The highest BCUT2D eigenvalue weighted by atomic mass is 35.5. The van der Waals surface area contributed by atoms with Crippen molar-refractivity contribution in [1.82, 2.24) is 0 Å². The van der Waals surface area contributed by atoms with Crippen LogP contribution in [0.2, 0.25) is 0 Å². The Kier molecular flexibility index (Phi) is 7.01. The molecule has 2 aromatic carbocycles. The number of halogens is 1. The van der Waals surface area contributed by atoms with Crippen molar-refractivity contribution in [2.45, 2.75) is 38.6 Å². The van der Waals surface area contributed by atoms with Gasteiger partial charge in [0.2, 0.25) is 5.78 Å². The van der Waals surface area contributed by atoms with Crippen LogP contribution in [0.3, 0.4) is 0 Å². The molecule has 1 atom stereocenters. The van der Waals surface area contributed by atoms with Crippen LogP contribution >= 0.6 is 0 Å². The average molecular weight is 344 g/mol. The summed E-state index contributed by atoms with van der Waals surface area (Å²) in [4.78, 5) is 13.8. The van der Waals surface area contributed by atoms with Crippen molar-refractivity contribution in [2.24, 2.45) is 0 Å². The van der Waals surface area contributed by atoms with Crippen molar-refractivity contribution in [3.63, 3.8) is 0 Å². The molecule has 1 unspecified atom stereocenters. The third kappa shape index (κ3) is 4.93. The quantitative estimate of drug-likeness (QED) is 0.592. The average Bonchev–Trinajstić information content (AvgIpc) is 2.80. The number of rotatable bonds is 5. The van der Waals surface area contributed by atoms with Gasteiger partial charge in [-0.3, -0.25) is 4.79 Å². The molecule has 0 fully saturated rings. The lowest BCUT2D eigenvalue weighted by Gasteiger charge is -2.14. The van der Waals surface area contributed by atoms with Crippen LogP contribution in [0, 0.1) is 0 Å². The Bertz CT molecular complexity index is 669. The van der Waals surface area contributed by atoms with E-state index in [0.29, 0.717) is 6.54 Å². The molecule has 0 saturated carbocycles. The van der Waals surface area contributed by atoms with E-state index in [9.17, 15) is 4.79 Å². The Morgan fingerprint density at radius 3 is 2.42 bits per heavy atom. The minimum Gasteiger partial charge on any atom is -1.00 e. The van der Waals surface area contributed by atoms with Crippen molar-refractivity contribution in [1.29, 1.82) is 0 Å². The van der Waals surface area contributed by atoms with Gasteiger partial charge in [0, 0.05) is 11.1 Å². The number of carbonyl (C=O) groups excluding carboxylic acids is 1. The van der Waals surface area contributed by atoms with E-state index in [1.807, 2.05) is 12.1 Å². The zero-order valence-corrected chi connectivity index (χ0v) is 15.1. The molecule has 0 saturated heterocycles. The molecule has 0 aliphatic heterocycles. The fraction of sp³-hybridized carbons (Fsp3) is 0.381. The summed E-state index contributed by atoms with van der Waals surface area (Å²) < 4.78 is 0. The number of aryl methyl sites for hydroxylation is 2. The van der Waals surface area contributed by atoms with Crippen molar-refractivity contribution < 1.29 is 22.1 Å². The molecule has 3 rings (SSSR count). The lowest BCUT2D eigenvalue weighted by atomic mass is 9.98. The molecule has 0 heterocycles. The van der Waals surface area contributed by atoms with Gasteiger partial charge in [-0.05, 0) is 42.9 Å². The van der Waals surface area contributed by atoms with E-state index < -0.39 is 0 Å². The van der Waals surface area contributed by atoms with Crippen molar-refractivity contribution in [2.75, 3.05) is 13.6 Å². The molecular weight excluding hydrogens is 318 g/mol. The molecule has 2 aromatic rings. The highest BCUT2D eigenvalue weighted by Gasteiger charge is 2.15. The number of carbonyl (C=O) groups is 1. The molecule has 1 N–H and O–H groups in total. The first-order chi connectivity index (χ1) is 11.2. The van der Waals surface area contributed by atoms with Crippen molar-refractivity contribution in [3.05, 3.63) is 70.8 Å². The molecule has 0 aromatic heterocycles. The maximum Gasteiger partial charge on any atom is 0.216 e. The SMILES string of the molecule is C[NH+](CC(=O)c1ccc2c(c1)CCCCC2)Cc1ccccc1.[Cl-]. The molecule has 24 heavy (non-hydrogen) atoms. The van der Waals surface area contributed by atoms with Gasteiger partial charge in [-0.25, -0.2) is 0 Å². The zero-order chi connectivity index (χ0) is 16.1. The van der Waals surface area contributed by atoms with E-state index in [0.717, 1.165) is 18.5 Å². The van der Waals surface area contributed by atoms with Crippen LogP contribution in [0.25, 0.3) is 0 Å². The number of nitrogens with one attached hydrogen (secondary N) is 1. The van der Waals surface area contributed by atoms with Crippen LogP contribution in [-0.2, 0) is 19.4 Å². The number of quaternary nitrogens is 1. The van der Waals surface area contributed by atoms with Gasteiger partial charge in [-0.2, -0.15) is 0 Å². The van der Waals surface area contributed by atoms with Gasteiger partial charge >= 0.3 is 0 Å². The molecule has 3 heteroatoms. The van der Waals surface area contributed by atoms with Crippen molar-refractivity contribution in [3.8, 4) is 0 Å². The summed E-state index contributed by atoms with van der Waals surface area (Å²) in [6.45, 7) is 1.44. The topological polar surface area (TPSA) is 21.5 Å². The third-order valence-electron chi connectivity index (χ3n) is 4.73. The lowest BCUT2D eigenvalue weighted by molar-refractivity contribution is -0.884. The Labute approximate surface area is 151 Å². The molecule has 0 spiro atoms. The maximum atomic E-state index is 12.6. The fourth-order valence-corrected chi connectivity index (χ4v) is 3.47. The molecule has 128 valence electrons. The number of fused-ring (bicyclic) bond motifs is 1. The van der Waals surface area contributed by atoms with Gasteiger partial charge in [0.15, 0.2) is 0 Å². The summed E-state index contributed by atoms with van der Waals surface area (Å²) in [5.74, 6) is 0.255. The third-order valence-corrected chi connectivity index (χ3v) is 4.73. The van der Waals surface area contributed by atoms with Crippen LogP contribution < -0.4 is 17.3 Å². The minimum absolute atomic E-state index is 0. The Morgan fingerprint density at radius 1 is 0.958 bits per heavy atom. The first kappa shape index (κ1) is 18.7. The first-order valence-electron chi connectivity index (χ1n) is 8.72. The lowest BCUT2D eigenvalue weighted by Crippen LogP contribution is -3.08. The van der Waals surface area contributed by atoms with Gasteiger partial charge in [-0.15, -0.1) is 0 Å². The summed E-state index contributed by atoms with van der Waals surface area (Å²) >= 11 is 0. The summed E-state index contributed by atoms with van der Waals surface area (Å²) in [6.07, 6.45) is 6.14. The fourth-order valence-electron chi connectivity index (χ4n) is 3.47. The van der Waals surface area contributed by atoms with Crippen LogP contribution in [0.4, 0.5) is 0 Å². The van der Waals surface area contributed by atoms with E-state index in [2.05, 4.69) is 43.4 Å². The van der Waals surface area contributed by atoms with E-state index in [1.54, 1.807) is 0 Å². The molecule has 0 radical (unpaired) electrons. The standard InChI is InChI=1S/C21H25NO.ClH/c1-22(15-17-8-4-2-5-9-17)16-21(23)20-13-12-18-10-6-3-7-11-19(18)14-20;/h2,4-5,8-9,12-14H,3,6-7,10-11,15-16H2,1H3;1H. The highest BCUT2D eigenvalue weighted by Crippen LogP contribution is 2.21. The van der Waals surface area contributed by atoms with E-state index in [-0.39, 0.29) is 18.2 Å². The number of Topliss-reactive ketones (excluding diaryl/α,β-unsaturated/α-hetero) is 1. The number of likely N-dealkylation sites (N-methyl/N-ethyl adjacent to an activating group) is 1. The molecular formula is C21H26ClNO. The smallest absolute Gasteiger partial charge is 0.216 e. The van der Waals surface area contributed by atoms with Gasteiger partial charge in [0.05, 0.1) is 7.05 Å². The summed E-state index contributed by atoms with van der Waals surface area (Å²) in [5.41, 5.74) is 5.01. The van der Waals surface area contributed by atoms with Gasteiger partial charge < -0.3 is 17.3 Å². The molecule has 0 bridgehead atoms. The minimum atomic E-state index is 0. The predicted molar refractivity (Wildman–Crippen MR) is 93.9 cm³/mol. The Balaban J connectivity index is 0.00000208. The van der Waals surface area contributed by atoms with E-state index in [4.69, 9.17) is 0 Å². The second-order valence-electron chi connectivity index (χ2n) is 6.76. The first-order valence-corrected chi connectivity index (χ1v) is 8.72. The van der Waals surface area contributed by atoms with Crippen LogP contribution in [0.1, 0.15) is 46.3 Å². The highest BCUT2D eigenvalue weighted by molar-refractivity contribution is 5.97. The summed E-state index contributed by atoms with van der Waals surface area (Å²) in [7, 11) is 2.09. The van der Waals surface area contributed by atoms with Gasteiger partial charge in [0.1, 0.15) is 13.1 Å². The summed E-state index contributed by atoms with van der Waals surface area (Å²) in [5, 5.41) is 0. The second-order valence-corrected chi connectivity index (χ2v) is 6.76. The van der Waals surface area contributed by atoms with Crippen LogP contribution in [-0.4, -0.2) is 19.4 Å². The molecule has 1 aliphatic rings. The number of hydrogen-bond acceptors (Lipinski definition) is 1. The van der Waals surface area contributed by atoms with Crippen LogP contribution in [0.5, 0.6) is 0 Å². The van der Waals surface area contributed by atoms with Gasteiger partial charge in [0.25, 0.3) is 0 Å². The zero-order valence-electron chi connectivity index (χ0n) is 14.4. The van der Waals surface area contributed by atoms with Gasteiger partial charge in [-0.1, -0.05) is 48.9 Å². The Morgan fingerprint density at radius 2 is 1.67 bits per heavy atom. The van der Waals surface area contributed by atoms with Crippen molar-refractivity contribution >= 4 is 5.78 Å². The Hall–Kier alpha value is -1.64. The van der Waals surface area contributed by atoms with Crippen LogP contribution in [0.15, 0.2) is 48.5 Å². The molecule has 0 amide bonds. The second kappa shape index (κ2) is 9.00. The molecule has 2 nitrogen and oxygen atoms in total. The van der Waals surface area contributed by atoms with E-state index >= 15 is 0 Å². The summed E-state index contributed by atoms with van der Waals surface area (Å²) in [6, 6.07) is 16.7. The largest absolute Gasteiger partial charge is 1.00 e. The monoisotopic (exact) mass is 343 g/mol. The number of benzene rings is 2. The predicted octanol–water partition coefficient (Wildman–Crippen LogP) is -0.143.